The normalized spacial score (nSPS) is 11.7. The molecule has 0 unspecified atom stereocenters. The number of aryl methyl sites for hydroxylation is 1. The number of hydrogen-bond donors (Lipinski definition) is 0. The Morgan fingerprint density at radius 2 is 1.79 bits per heavy atom. The Morgan fingerprint density at radius 3 is 2.36 bits per heavy atom. The first-order chi connectivity index (χ1) is 6.55. The molecule has 0 saturated carbocycles. The lowest BCUT2D eigenvalue weighted by molar-refractivity contribution is 0.798. The SMILES string of the molecule is CCCCc1ccccc1[Si](Br)(Br)Br. The predicted octanol–water partition coefficient (Wildman–Crippen LogP) is 4.36. The Hall–Kier alpha value is 0.877. The topological polar surface area (TPSA) is 0 Å². The summed E-state index contributed by atoms with van der Waals surface area (Å²) in [6, 6.07) is 8.62. The van der Waals surface area contributed by atoms with Crippen LogP contribution in [0, 0.1) is 0 Å². The summed E-state index contributed by atoms with van der Waals surface area (Å²) in [5.41, 5.74) is 1.45. The van der Waals surface area contributed by atoms with Crippen LogP contribution in [0.2, 0.25) is 0 Å². The summed E-state index contributed by atoms with van der Waals surface area (Å²) >= 11 is 11.1. The highest BCUT2D eigenvalue weighted by Crippen LogP contribution is 2.28. The summed E-state index contributed by atoms with van der Waals surface area (Å²) in [5, 5.41) is 1.40. The van der Waals surface area contributed by atoms with Crippen LogP contribution in [-0.2, 0) is 6.42 Å². The first-order valence-electron chi connectivity index (χ1n) is 4.70. The largest absolute Gasteiger partial charge is 0.297 e. The molecule has 0 aliphatic rings. The molecule has 0 aliphatic carbocycles. The van der Waals surface area contributed by atoms with E-state index >= 15 is 0 Å². The first-order valence-corrected chi connectivity index (χ1v) is 13.5. The van der Waals surface area contributed by atoms with Gasteiger partial charge >= 0.3 is 0 Å². The Morgan fingerprint density at radius 1 is 1.14 bits per heavy atom. The molecule has 0 amide bonds. The summed E-state index contributed by atoms with van der Waals surface area (Å²) in [4.78, 5) is 0. The van der Waals surface area contributed by atoms with Crippen molar-refractivity contribution in [3.8, 4) is 0 Å². The third kappa shape index (κ3) is 3.80. The Labute approximate surface area is 110 Å². The van der Waals surface area contributed by atoms with Crippen LogP contribution in [0.4, 0.5) is 0 Å². The molecule has 1 aromatic rings. The second kappa shape index (κ2) is 5.82. The molecule has 1 aromatic carbocycles. The summed E-state index contributed by atoms with van der Waals surface area (Å²) < 4.78 is -1.69. The predicted molar refractivity (Wildman–Crippen MR) is 77.2 cm³/mol. The Bertz CT molecular complexity index is 294. The van der Waals surface area contributed by atoms with Gasteiger partial charge in [-0.3, -0.25) is 0 Å². The Balaban J connectivity index is 2.92. The lowest BCUT2D eigenvalue weighted by Crippen LogP contribution is -2.31. The molecule has 1 rings (SSSR count). The molecule has 0 nitrogen and oxygen atoms in total. The number of rotatable bonds is 4. The highest BCUT2D eigenvalue weighted by Gasteiger charge is 2.27. The molecule has 0 aromatic heterocycles. The first kappa shape index (κ1) is 12.9. The van der Waals surface area contributed by atoms with Crippen molar-refractivity contribution in [1.82, 2.24) is 0 Å². The van der Waals surface area contributed by atoms with Crippen molar-refractivity contribution in [3.63, 3.8) is 0 Å². The quantitative estimate of drug-likeness (QED) is 0.520. The van der Waals surface area contributed by atoms with E-state index in [0.29, 0.717) is 0 Å². The van der Waals surface area contributed by atoms with Gasteiger partial charge in [-0.25, -0.2) is 0 Å². The van der Waals surface area contributed by atoms with Crippen molar-refractivity contribution >= 4 is 55.0 Å². The molecule has 0 bridgehead atoms. The highest BCUT2D eigenvalue weighted by molar-refractivity contribution is 9.72. The molecule has 78 valence electrons. The van der Waals surface area contributed by atoms with Crippen LogP contribution in [0.15, 0.2) is 24.3 Å². The minimum absolute atomic E-state index is 1.17. The van der Waals surface area contributed by atoms with E-state index in [1.54, 1.807) is 0 Å². The van der Waals surface area contributed by atoms with Crippen LogP contribution >= 0.6 is 45.9 Å². The second-order valence-electron chi connectivity index (χ2n) is 3.26. The van der Waals surface area contributed by atoms with Crippen molar-refractivity contribution in [2.75, 3.05) is 0 Å². The molecular weight excluding hydrogens is 388 g/mol. The lowest BCUT2D eigenvalue weighted by atomic mass is 10.1. The molecule has 0 N–H and O–H groups in total. The van der Waals surface area contributed by atoms with Crippen LogP contribution in [0.3, 0.4) is 0 Å². The van der Waals surface area contributed by atoms with Crippen LogP contribution < -0.4 is 5.19 Å². The fraction of sp³-hybridized carbons (Fsp3) is 0.400. The average molecular weight is 401 g/mol. The second-order valence-corrected chi connectivity index (χ2v) is 25.1. The van der Waals surface area contributed by atoms with E-state index in [-0.39, 0.29) is 0 Å². The molecule has 0 aliphatic heterocycles. The summed E-state index contributed by atoms with van der Waals surface area (Å²) in [6.07, 6.45) is 3.68. The number of unbranched alkanes of at least 4 members (excludes halogenated alkanes) is 1. The van der Waals surface area contributed by atoms with Crippen LogP contribution in [0.25, 0.3) is 0 Å². The standard InChI is InChI=1S/C10H13Br3Si/c1-2-3-6-9-7-4-5-8-10(9)14(11,12)13/h4-5,7-8H,2-3,6H2,1H3. The molecule has 14 heavy (non-hydrogen) atoms. The average Bonchev–Trinajstić information content (AvgIpc) is 2.14. The maximum atomic E-state index is 3.70. The summed E-state index contributed by atoms with van der Waals surface area (Å²) in [5.74, 6) is 0. The van der Waals surface area contributed by atoms with E-state index in [4.69, 9.17) is 0 Å². The van der Waals surface area contributed by atoms with Crippen molar-refractivity contribution in [2.24, 2.45) is 0 Å². The number of halogens is 3. The lowest BCUT2D eigenvalue weighted by Gasteiger charge is -2.15. The molecule has 0 fully saturated rings. The highest BCUT2D eigenvalue weighted by atomic mass is 80.0. The van der Waals surface area contributed by atoms with Gasteiger partial charge in [0.05, 0.1) is 0 Å². The molecule has 0 spiro atoms. The van der Waals surface area contributed by atoms with Crippen molar-refractivity contribution in [2.45, 2.75) is 26.2 Å². The van der Waals surface area contributed by atoms with Gasteiger partial charge in [-0.2, -0.15) is 0 Å². The smallest absolute Gasteiger partial charge is 0.0910 e. The third-order valence-corrected chi connectivity index (χ3v) is 7.07. The van der Waals surface area contributed by atoms with E-state index in [1.165, 1.54) is 30.0 Å². The number of hydrogen-bond acceptors (Lipinski definition) is 0. The van der Waals surface area contributed by atoms with E-state index in [2.05, 4.69) is 77.1 Å². The molecule has 0 saturated heterocycles. The molecule has 0 heterocycles. The third-order valence-electron chi connectivity index (χ3n) is 2.12. The monoisotopic (exact) mass is 398 g/mol. The van der Waals surface area contributed by atoms with Gasteiger partial charge < -0.3 is 0 Å². The van der Waals surface area contributed by atoms with Gasteiger partial charge in [0, 0.05) is 0 Å². The summed E-state index contributed by atoms with van der Waals surface area (Å²) in [7, 11) is 0. The van der Waals surface area contributed by atoms with E-state index in [9.17, 15) is 0 Å². The molecular formula is C10H13Br3Si. The van der Waals surface area contributed by atoms with Gasteiger partial charge in [0.2, 0.25) is 0 Å². The van der Waals surface area contributed by atoms with E-state index < -0.39 is 3.93 Å². The van der Waals surface area contributed by atoms with E-state index in [1.807, 2.05) is 0 Å². The van der Waals surface area contributed by atoms with Crippen molar-refractivity contribution in [1.29, 1.82) is 0 Å². The van der Waals surface area contributed by atoms with Gasteiger partial charge in [0.25, 0.3) is 3.93 Å². The zero-order valence-electron chi connectivity index (χ0n) is 8.06. The van der Waals surface area contributed by atoms with Gasteiger partial charge in [0.15, 0.2) is 0 Å². The van der Waals surface area contributed by atoms with Crippen LogP contribution in [0.5, 0.6) is 0 Å². The molecule has 0 atom stereocenters. The zero-order valence-corrected chi connectivity index (χ0v) is 13.8. The molecule has 4 heteroatoms. The molecule has 0 radical (unpaired) electrons. The summed E-state index contributed by atoms with van der Waals surface area (Å²) in [6.45, 7) is 2.23. The van der Waals surface area contributed by atoms with Gasteiger partial charge in [-0.15, -0.1) is 0 Å². The maximum absolute atomic E-state index is 3.70. The van der Waals surface area contributed by atoms with Gasteiger partial charge in [-0.05, 0) is 23.6 Å². The minimum Gasteiger partial charge on any atom is -0.0910 e. The fourth-order valence-corrected chi connectivity index (χ4v) is 5.72. The van der Waals surface area contributed by atoms with Crippen LogP contribution in [0.1, 0.15) is 25.3 Å². The minimum atomic E-state index is -1.69. The van der Waals surface area contributed by atoms with E-state index in [0.717, 1.165) is 0 Å². The fourth-order valence-electron chi connectivity index (χ4n) is 1.38. The van der Waals surface area contributed by atoms with Crippen molar-refractivity contribution < 1.29 is 0 Å². The zero-order chi connectivity index (χ0) is 10.6. The Kier molecular flexibility index (Phi) is 5.38. The van der Waals surface area contributed by atoms with Crippen molar-refractivity contribution in [3.05, 3.63) is 29.8 Å². The maximum Gasteiger partial charge on any atom is 0.297 e. The number of benzene rings is 1. The van der Waals surface area contributed by atoms with Gasteiger partial charge in [-0.1, -0.05) is 83.5 Å². The van der Waals surface area contributed by atoms with Gasteiger partial charge in [0.1, 0.15) is 0 Å². The van der Waals surface area contributed by atoms with Crippen LogP contribution in [-0.4, -0.2) is 3.93 Å².